The van der Waals surface area contributed by atoms with Gasteiger partial charge in [-0.25, -0.2) is 0 Å². The molecule has 1 nitrogen and oxygen atoms in total. The van der Waals surface area contributed by atoms with Gasteiger partial charge in [0.05, 0.1) is 5.52 Å². The van der Waals surface area contributed by atoms with E-state index in [0.29, 0.717) is 0 Å². The second-order valence-corrected chi connectivity index (χ2v) is 5.34. The average Bonchev–Trinajstić information content (AvgIpc) is 2.35. The third kappa shape index (κ3) is 3.23. The van der Waals surface area contributed by atoms with E-state index < -0.39 is 0 Å². The lowest BCUT2D eigenvalue weighted by Crippen LogP contribution is -1.93. The molecule has 0 saturated heterocycles. The fourth-order valence-electron chi connectivity index (χ4n) is 2.28. The highest BCUT2D eigenvalue weighted by atomic mass is 35.5. The fourth-order valence-corrected chi connectivity index (χ4v) is 2.56. The van der Waals surface area contributed by atoms with Crippen LogP contribution < -0.4 is 0 Å². The monoisotopic (exact) mass is 261 g/mol. The van der Waals surface area contributed by atoms with Crippen LogP contribution in [0.15, 0.2) is 24.3 Å². The van der Waals surface area contributed by atoms with Gasteiger partial charge in [0.15, 0.2) is 0 Å². The smallest absolute Gasteiger partial charge is 0.0735 e. The zero-order valence-corrected chi connectivity index (χ0v) is 11.9. The Bertz CT molecular complexity index is 534. The van der Waals surface area contributed by atoms with E-state index in [1.54, 1.807) is 0 Å². The Balaban J connectivity index is 2.17. The number of pyridine rings is 1. The minimum Gasteiger partial charge on any atom is -0.253 e. The normalized spacial score (nSPS) is 11.1. The van der Waals surface area contributed by atoms with Gasteiger partial charge in [0.2, 0.25) is 0 Å². The standard InChI is InChI=1S/C16H20ClN/c1-3-4-5-6-7-15-9-8-13-11-14(17)10-12(2)16(13)18-15/h8-11H,3-7H2,1-2H3. The molecule has 0 fully saturated rings. The Morgan fingerprint density at radius 1 is 1.11 bits per heavy atom. The summed E-state index contributed by atoms with van der Waals surface area (Å²) in [4.78, 5) is 4.75. The molecule has 0 bridgehead atoms. The molecule has 96 valence electrons. The van der Waals surface area contributed by atoms with Crippen molar-refractivity contribution in [3.8, 4) is 0 Å². The van der Waals surface area contributed by atoms with E-state index >= 15 is 0 Å². The van der Waals surface area contributed by atoms with Crippen molar-refractivity contribution < 1.29 is 0 Å². The molecule has 0 amide bonds. The maximum Gasteiger partial charge on any atom is 0.0735 e. The summed E-state index contributed by atoms with van der Waals surface area (Å²) in [5, 5.41) is 1.93. The van der Waals surface area contributed by atoms with Crippen molar-refractivity contribution in [1.29, 1.82) is 0 Å². The topological polar surface area (TPSA) is 12.9 Å². The minimum absolute atomic E-state index is 0.789. The van der Waals surface area contributed by atoms with Gasteiger partial charge >= 0.3 is 0 Å². The van der Waals surface area contributed by atoms with E-state index in [9.17, 15) is 0 Å². The highest BCUT2D eigenvalue weighted by Crippen LogP contribution is 2.22. The molecule has 0 unspecified atom stereocenters. The van der Waals surface area contributed by atoms with E-state index in [2.05, 4.69) is 26.0 Å². The van der Waals surface area contributed by atoms with Crippen LogP contribution in [-0.4, -0.2) is 4.98 Å². The molecule has 0 aliphatic heterocycles. The van der Waals surface area contributed by atoms with E-state index in [1.807, 2.05) is 12.1 Å². The van der Waals surface area contributed by atoms with Crippen molar-refractivity contribution >= 4 is 22.5 Å². The van der Waals surface area contributed by atoms with Crippen LogP contribution in [0, 0.1) is 6.92 Å². The highest BCUT2D eigenvalue weighted by molar-refractivity contribution is 6.31. The Hall–Kier alpha value is -1.08. The SMILES string of the molecule is CCCCCCc1ccc2cc(Cl)cc(C)c2n1. The molecule has 1 aromatic heterocycles. The maximum atomic E-state index is 6.05. The fraction of sp³-hybridized carbons (Fsp3) is 0.438. The van der Waals surface area contributed by atoms with Crippen molar-refractivity contribution in [1.82, 2.24) is 4.98 Å². The molecule has 0 aliphatic rings. The van der Waals surface area contributed by atoms with Gasteiger partial charge in [-0.3, -0.25) is 4.98 Å². The van der Waals surface area contributed by atoms with Gasteiger partial charge in [0, 0.05) is 16.1 Å². The number of aromatic nitrogens is 1. The number of unbranched alkanes of at least 4 members (excludes halogenated alkanes) is 3. The van der Waals surface area contributed by atoms with Crippen molar-refractivity contribution in [3.05, 3.63) is 40.5 Å². The molecular weight excluding hydrogens is 242 g/mol. The number of benzene rings is 1. The van der Waals surface area contributed by atoms with Gasteiger partial charge in [-0.1, -0.05) is 43.9 Å². The van der Waals surface area contributed by atoms with Crippen molar-refractivity contribution in [3.63, 3.8) is 0 Å². The van der Waals surface area contributed by atoms with Crippen LogP contribution in [0.2, 0.25) is 5.02 Å². The molecule has 1 heterocycles. The Labute approximate surface area is 114 Å². The Morgan fingerprint density at radius 3 is 2.72 bits per heavy atom. The molecule has 0 atom stereocenters. The number of hydrogen-bond acceptors (Lipinski definition) is 1. The predicted molar refractivity (Wildman–Crippen MR) is 79.3 cm³/mol. The molecule has 0 spiro atoms. The molecule has 18 heavy (non-hydrogen) atoms. The number of aryl methyl sites for hydroxylation is 2. The Morgan fingerprint density at radius 2 is 1.94 bits per heavy atom. The molecule has 2 heteroatoms. The second kappa shape index (κ2) is 6.19. The minimum atomic E-state index is 0.789. The zero-order valence-electron chi connectivity index (χ0n) is 11.2. The number of halogens is 1. The largest absolute Gasteiger partial charge is 0.253 e. The summed E-state index contributed by atoms with van der Waals surface area (Å²) in [7, 11) is 0. The van der Waals surface area contributed by atoms with Crippen molar-refractivity contribution in [2.75, 3.05) is 0 Å². The first-order valence-corrected chi connectivity index (χ1v) is 7.14. The lowest BCUT2D eigenvalue weighted by molar-refractivity contribution is 0.661. The third-order valence-electron chi connectivity index (χ3n) is 3.29. The second-order valence-electron chi connectivity index (χ2n) is 4.91. The summed E-state index contributed by atoms with van der Waals surface area (Å²) in [5.74, 6) is 0. The first-order chi connectivity index (χ1) is 8.70. The van der Waals surface area contributed by atoms with Gasteiger partial charge in [-0.05, 0) is 43.5 Å². The van der Waals surface area contributed by atoms with E-state index in [0.717, 1.165) is 27.9 Å². The van der Waals surface area contributed by atoms with Crippen LogP contribution in [0.25, 0.3) is 10.9 Å². The molecular formula is C16H20ClN. The number of nitrogens with zero attached hydrogens (tertiary/aromatic N) is 1. The van der Waals surface area contributed by atoms with Gasteiger partial charge in [-0.15, -0.1) is 0 Å². The van der Waals surface area contributed by atoms with E-state index in [1.165, 1.54) is 31.4 Å². The summed E-state index contributed by atoms with van der Waals surface area (Å²) < 4.78 is 0. The lowest BCUT2D eigenvalue weighted by Gasteiger charge is -2.06. The first kappa shape index (κ1) is 13.4. The van der Waals surface area contributed by atoms with Crippen LogP contribution >= 0.6 is 11.6 Å². The predicted octanol–water partition coefficient (Wildman–Crippen LogP) is 5.32. The van der Waals surface area contributed by atoms with Gasteiger partial charge < -0.3 is 0 Å². The van der Waals surface area contributed by atoms with Gasteiger partial charge in [-0.2, -0.15) is 0 Å². The third-order valence-corrected chi connectivity index (χ3v) is 3.51. The van der Waals surface area contributed by atoms with Gasteiger partial charge in [0.1, 0.15) is 0 Å². The summed E-state index contributed by atoms with van der Waals surface area (Å²) >= 11 is 6.05. The quantitative estimate of drug-likeness (QED) is 0.664. The van der Waals surface area contributed by atoms with E-state index in [4.69, 9.17) is 16.6 Å². The van der Waals surface area contributed by atoms with Crippen molar-refractivity contribution in [2.24, 2.45) is 0 Å². The van der Waals surface area contributed by atoms with Crippen LogP contribution in [-0.2, 0) is 6.42 Å². The van der Waals surface area contributed by atoms with Gasteiger partial charge in [0.25, 0.3) is 0 Å². The Kier molecular flexibility index (Phi) is 4.60. The summed E-state index contributed by atoms with van der Waals surface area (Å²) in [6.45, 7) is 4.31. The van der Waals surface area contributed by atoms with Crippen LogP contribution in [0.4, 0.5) is 0 Å². The number of hydrogen-bond donors (Lipinski definition) is 0. The van der Waals surface area contributed by atoms with Crippen LogP contribution in [0.5, 0.6) is 0 Å². The van der Waals surface area contributed by atoms with E-state index in [-0.39, 0.29) is 0 Å². The summed E-state index contributed by atoms with van der Waals surface area (Å²) in [6.07, 6.45) is 6.22. The van der Waals surface area contributed by atoms with Crippen molar-refractivity contribution in [2.45, 2.75) is 46.0 Å². The molecule has 1 aromatic carbocycles. The lowest BCUT2D eigenvalue weighted by atomic mass is 10.1. The zero-order chi connectivity index (χ0) is 13.0. The average molecular weight is 262 g/mol. The summed E-state index contributed by atoms with van der Waals surface area (Å²) in [6, 6.07) is 8.23. The first-order valence-electron chi connectivity index (χ1n) is 6.76. The molecule has 0 saturated carbocycles. The number of fused-ring (bicyclic) bond motifs is 1. The maximum absolute atomic E-state index is 6.05. The molecule has 0 N–H and O–H groups in total. The van der Waals surface area contributed by atoms with Crippen LogP contribution in [0.1, 0.15) is 43.9 Å². The molecule has 0 radical (unpaired) electrons. The molecule has 2 rings (SSSR count). The highest BCUT2D eigenvalue weighted by Gasteiger charge is 2.03. The molecule has 2 aromatic rings. The van der Waals surface area contributed by atoms with Crippen LogP contribution in [0.3, 0.4) is 0 Å². The molecule has 0 aliphatic carbocycles. The number of rotatable bonds is 5. The summed E-state index contributed by atoms with van der Waals surface area (Å²) in [5.41, 5.74) is 3.45.